The Hall–Kier alpha value is -1.73. The highest BCUT2D eigenvalue weighted by Crippen LogP contribution is 2.33. The Morgan fingerprint density at radius 3 is 2.52 bits per heavy atom. The number of sulfone groups is 1. The largest absolute Gasteiger partial charge is 0.387 e. The number of rotatable bonds is 6. The quantitative estimate of drug-likeness (QED) is 0.823. The summed E-state index contributed by atoms with van der Waals surface area (Å²) in [5.41, 5.74) is 3.14. The summed E-state index contributed by atoms with van der Waals surface area (Å²) in [5.74, 6) is 0. The van der Waals surface area contributed by atoms with Crippen LogP contribution in [0.1, 0.15) is 28.9 Å². The maximum Gasteiger partial charge on any atom is 0.175 e. The molecule has 0 aliphatic heterocycles. The Labute approximate surface area is 148 Å². The first-order valence-electron chi connectivity index (χ1n) is 8.22. The SMILES string of the molecule is CO[C@H]1c2ccccc2C[C@H]1NCC(O)c1ccc(S(C)(=O)=O)cc1. The zero-order valence-electron chi connectivity index (χ0n) is 14.3. The third kappa shape index (κ3) is 3.93. The summed E-state index contributed by atoms with van der Waals surface area (Å²) in [6.45, 7) is 0.372. The van der Waals surface area contributed by atoms with Crippen molar-refractivity contribution in [2.75, 3.05) is 19.9 Å². The molecule has 0 heterocycles. The maximum atomic E-state index is 11.5. The molecule has 6 heteroatoms. The fourth-order valence-electron chi connectivity index (χ4n) is 3.35. The number of benzene rings is 2. The first-order chi connectivity index (χ1) is 11.9. The number of fused-ring (bicyclic) bond motifs is 1. The Kier molecular flexibility index (Phi) is 5.24. The van der Waals surface area contributed by atoms with Gasteiger partial charge in [0.1, 0.15) is 0 Å². The van der Waals surface area contributed by atoms with Gasteiger partial charge in [-0.3, -0.25) is 0 Å². The van der Waals surface area contributed by atoms with Crippen molar-refractivity contribution in [3.63, 3.8) is 0 Å². The van der Waals surface area contributed by atoms with Gasteiger partial charge in [-0.25, -0.2) is 8.42 Å². The van der Waals surface area contributed by atoms with Gasteiger partial charge in [0.25, 0.3) is 0 Å². The van der Waals surface area contributed by atoms with E-state index in [0.717, 1.165) is 6.42 Å². The van der Waals surface area contributed by atoms with Gasteiger partial charge in [0, 0.05) is 26.0 Å². The number of ether oxygens (including phenoxy) is 1. The summed E-state index contributed by atoms with van der Waals surface area (Å²) >= 11 is 0. The molecule has 0 radical (unpaired) electrons. The highest BCUT2D eigenvalue weighted by molar-refractivity contribution is 7.90. The van der Waals surface area contributed by atoms with Gasteiger partial charge in [-0.2, -0.15) is 0 Å². The van der Waals surface area contributed by atoms with Crippen LogP contribution in [-0.4, -0.2) is 39.5 Å². The molecule has 1 aliphatic carbocycles. The minimum absolute atomic E-state index is 0.0315. The molecule has 25 heavy (non-hydrogen) atoms. The summed E-state index contributed by atoms with van der Waals surface area (Å²) in [7, 11) is -1.53. The molecule has 1 aliphatic rings. The first kappa shape index (κ1) is 18.1. The fourth-order valence-corrected chi connectivity index (χ4v) is 3.98. The first-order valence-corrected chi connectivity index (χ1v) is 10.1. The highest BCUT2D eigenvalue weighted by Gasteiger charge is 2.32. The van der Waals surface area contributed by atoms with Crippen molar-refractivity contribution in [3.8, 4) is 0 Å². The van der Waals surface area contributed by atoms with E-state index in [1.807, 2.05) is 12.1 Å². The van der Waals surface area contributed by atoms with Gasteiger partial charge < -0.3 is 15.2 Å². The molecule has 2 aromatic rings. The molecule has 0 spiro atoms. The number of methoxy groups -OCH3 is 1. The number of aliphatic hydroxyl groups is 1. The Morgan fingerprint density at radius 1 is 1.20 bits per heavy atom. The van der Waals surface area contributed by atoms with E-state index in [-0.39, 0.29) is 17.0 Å². The summed E-state index contributed by atoms with van der Waals surface area (Å²) in [5, 5.41) is 13.8. The van der Waals surface area contributed by atoms with Gasteiger partial charge in [-0.15, -0.1) is 0 Å². The van der Waals surface area contributed by atoms with Crippen LogP contribution in [0.25, 0.3) is 0 Å². The molecule has 0 saturated carbocycles. The minimum atomic E-state index is -3.23. The smallest absolute Gasteiger partial charge is 0.175 e. The summed E-state index contributed by atoms with van der Waals surface area (Å²) in [6, 6.07) is 14.7. The van der Waals surface area contributed by atoms with Gasteiger partial charge >= 0.3 is 0 Å². The van der Waals surface area contributed by atoms with E-state index < -0.39 is 15.9 Å². The lowest BCUT2D eigenvalue weighted by atomic mass is 10.1. The predicted molar refractivity (Wildman–Crippen MR) is 96.2 cm³/mol. The van der Waals surface area contributed by atoms with Crippen LogP contribution in [0.15, 0.2) is 53.4 Å². The molecule has 3 atom stereocenters. The van der Waals surface area contributed by atoms with Crippen LogP contribution in [0.5, 0.6) is 0 Å². The highest BCUT2D eigenvalue weighted by atomic mass is 32.2. The lowest BCUT2D eigenvalue weighted by Crippen LogP contribution is -2.36. The zero-order valence-corrected chi connectivity index (χ0v) is 15.2. The van der Waals surface area contributed by atoms with Crippen molar-refractivity contribution in [2.45, 2.75) is 29.6 Å². The van der Waals surface area contributed by atoms with Crippen molar-refractivity contribution in [1.82, 2.24) is 5.32 Å². The molecule has 2 aromatic carbocycles. The molecule has 0 fully saturated rings. The topological polar surface area (TPSA) is 75.6 Å². The van der Waals surface area contributed by atoms with Crippen LogP contribution in [-0.2, 0) is 21.0 Å². The van der Waals surface area contributed by atoms with Crippen molar-refractivity contribution < 1.29 is 18.3 Å². The van der Waals surface area contributed by atoms with Gasteiger partial charge in [-0.1, -0.05) is 36.4 Å². The van der Waals surface area contributed by atoms with E-state index in [1.54, 1.807) is 19.2 Å². The molecule has 0 bridgehead atoms. The van der Waals surface area contributed by atoms with Gasteiger partial charge in [0.05, 0.1) is 17.1 Å². The van der Waals surface area contributed by atoms with Crippen LogP contribution in [0.3, 0.4) is 0 Å². The molecule has 2 N–H and O–H groups in total. The zero-order chi connectivity index (χ0) is 18.0. The lowest BCUT2D eigenvalue weighted by molar-refractivity contribution is 0.0710. The second-order valence-corrected chi connectivity index (χ2v) is 8.45. The minimum Gasteiger partial charge on any atom is -0.387 e. The molecule has 1 unspecified atom stereocenters. The predicted octanol–water partition coefficient (Wildman–Crippen LogP) is 2.03. The van der Waals surface area contributed by atoms with Crippen molar-refractivity contribution in [2.24, 2.45) is 0 Å². The normalized spacial score (nSPS) is 21.1. The van der Waals surface area contributed by atoms with E-state index in [4.69, 9.17) is 4.74 Å². The van der Waals surface area contributed by atoms with Crippen molar-refractivity contribution in [1.29, 1.82) is 0 Å². The average molecular weight is 361 g/mol. The van der Waals surface area contributed by atoms with E-state index in [2.05, 4.69) is 17.4 Å². The Morgan fingerprint density at radius 2 is 1.88 bits per heavy atom. The molecular formula is C19H23NO4S. The Bertz CT molecular complexity index is 833. The van der Waals surface area contributed by atoms with Crippen LogP contribution in [0, 0.1) is 0 Å². The molecular weight excluding hydrogens is 338 g/mol. The molecule has 134 valence electrons. The number of hydrogen-bond donors (Lipinski definition) is 2. The van der Waals surface area contributed by atoms with E-state index >= 15 is 0 Å². The molecule has 0 amide bonds. The third-order valence-electron chi connectivity index (χ3n) is 4.69. The van der Waals surface area contributed by atoms with Crippen molar-refractivity contribution >= 4 is 9.84 Å². The van der Waals surface area contributed by atoms with Gasteiger partial charge in [0.15, 0.2) is 9.84 Å². The van der Waals surface area contributed by atoms with E-state index in [9.17, 15) is 13.5 Å². The monoisotopic (exact) mass is 361 g/mol. The Balaban J connectivity index is 1.64. The van der Waals surface area contributed by atoms with Crippen LogP contribution >= 0.6 is 0 Å². The van der Waals surface area contributed by atoms with E-state index in [0.29, 0.717) is 12.1 Å². The fraction of sp³-hybridized carbons (Fsp3) is 0.368. The van der Waals surface area contributed by atoms with Gasteiger partial charge in [0.2, 0.25) is 0 Å². The molecule has 0 aromatic heterocycles. The second kappa shape index (κ2) is 7.25. The standard InChI is InChI=1S/C19H23NO4S/c1-24-19-16-6-4-3-5-14(16)11-17(19)20-12-18(21)13-7-9-15(10-8-13)25(2,22)23/h3-10,17-21H,11-12H2,1-2H3/t17-,18?,19+/m1/s1. The van der Waals surface area contributed by atoms with Crippen LogP contribution in [0.4, 0.5) is 0 Å². The summed E-state index contributed by atoms with van der Waals surface area (Å²) < 4.78 is 28.6. The van der Waals surface area contributed by atoms with Crippen LogP contribution < -0.4 is 5.32 Å². The summed E-state index contributed by atoms with van der Waals surface area (Å²) in [4.78, 5) is 0.252. The molecule has 5 nitrogen and oxygen atoms in total. The molecule has 3 rings (SSSR count). The number of hydrogen-bond acceptors (Lipinski definition) is 5. The average Bonchev–Trinajstić information content (AvgIpc) is 2.96. The number of nitrogens with one attached hydrogen (secondary N) is 1. The summed E-state index contributed by atoms with van der Waals surface area (Å²) in [6.07, 6.45) is 1.28. The van der Waals surface area contributed by atoms with E-state index in [1.165, 1.54) is 29.5 Å². The van der Waals surface area contributed by atoms with Crippen molar-refractivity contribution in [3.05, 3.63) is 65.2 Å². The second-order valence-electron chi connectivity index (χ2n) is 6.43. The van der Waals surface area contributed by atoms with Gasteiger partial charge in [-0.05, 0) is 35.2 Å². The third-order valence-corrected chi connectivity index (χ3v) is 5.82. The lowest BCUT2D eigenvalue weighted by Gasteiger charge is -2.22. The maximum absolute atomic E-state index is 11.5. The van der Waals surface area contributed by atoms with Crippen LogP contribution in [0.2, 0.25) is 0 Å². The molecule has 0 saturated heterocycles. The number of aliphatic hydroxyl groups excluding tert-OH is 1.